The lowest BCUT2D eigenvalue weighted by Gasteiger charge is -2.06. The summed E-state index contributed by atoms with van der Waals surface area (Å²) in [7, 11) is 0. The van der Waals surface area contributed by atoms with Crippen LogP contribution in [-0.2, 0) is 0 Å². The standard InChI is InChI=1S/C18H16ClN3O2S/c1-2-24-13-9-7-12(8-10-13)16-11-25-18(21-16)22-17(23)20-15-6-4-3-5-14(15)19/h3-11H,2H2,1H3,(H2,20,21,22,23). The second-order valence-corrected chi connectivity index (χ2v) is 6.32. The maximum absolute atomic E-state index is 12.1. The molecule has 2 N–H and O–H groups in total. The first-order chi connectivity index (χ1) is 12.2. The molecular weight excluding hydrogens is 358 g/mol. The Balaban J connectivity index is 1.65. The van der Waals surface area contributed by atoms with Crippen LogP contribution in [0.1, 0.15) is 6.92 Å². The summed E-state index contributed by atoms with van der Waals surface area (Å²) in [6, 6.07) is 14.3. The first-order valence-electron chi connectivity index (χ1n) is 7.67. The normalized spacial score (nSPS) is 10.3. The van der Waals surface area contributed by atoms with Gasteiger partial charge in [0.2, 0.25) is 0 Å². The van der Waals surface area contributed by atoms with Crippen molar-refractivity contribution in [3.8, 4) is 17.0 Å². The van der Waals surface area contributed by atoms with Gasteiger partial charge >= 0.3 is 6.03 Å². The van der Waals surface area contributed by atoms with E-state index in [4.69, 9.17) is 16.3 Å². The molecule has 0 bridgehead atoms. The molecule has 2 amide bonds. The van der Waals surface area contributed by atoms with Gasteiger partial charge in [-0.15, -0.1) is 11.3 Å². The number of urea groups is 1. The third-order valence-corrected chi connectivity index (χ3v) is 4.40. The van der Waals surface area contributed by atoms with Crippen LogP contribution in [0.2, 0.25) is 5.02 Å². The summed E-state index contributed by atoms with van der Waals surface area (Å²) in [5.74, 6) is 0.818. The monoisotopic (exact) mass is 373 g/mol. The quantitative estimate of drug-likeness (QED) is 0.620. The highest BCUT2D eigenvalue weighted by molar-refractivity contribution is 7.14. The predicted octanol–water partition coefficient (Wildman–Crippen LogP) is 5.51. The number of carbonyl (C=O) groups is 1. The van der Waals surface area contributed by atoms with Crippen molar-refractivity contribution >= 4 is 39.8 Å². The molecule has 0 aliphatic heterocycles. The van der Waals surface area contributed by atoms with Crippen LogP contribution in [0.5, 0.6) is 5.75 Å². The Bertz CT molecular complexity index is 865. The van der Waals surface area contributed by atoms with E-state index >= 15 is 0 Å². The Kier molecular flexibility index (Phi) is 5.53. The fourth-order valence-corrected chi connectivity index (χ4v) is 3.06. The molecule has 0 saturated carbocycles. The van der Waals surface area contributed by atoms with Crippen molar-refractivity contribution in [2.45, 2.75) is 6.92 Å². The molecule has 0 saturated heterocycles. The molecule has 1 aromatic heterocycles. The number of para-hydroxylation sites is 1. The van der Waals surface area contributed by atoms with Crippen LogP contribution in [0.15, 0.2) is 53.9 Å². The van der Waals surface area contributed by atoms with Gasteiger partial charge in [-0.25, -0.2) is 9.78 Å². The minimum Gasteiger partial charge on any atom is -0.494 e. The third-order valence-electron chi connectivity index (χ3n) is 3.31. The van der Waals surface area contributed by atoms with Gasteiger partial charge in [0.05, 0.1) is 23.0 Å². The van der Waals surface area contributed by atoms with Gasteiger partial charge in [0, 0.05) is 10.9 Å². The van der Waals surface area contributed by atoms with E-state index in [1.807, 2.05) is 36.6 Å². The average molecular weight is 374 g/mol. The molecule has 2 aromatic carbocycles. The molecule has 0 spiro atoms. The molecule has 1 heterocycles. The Morgan fingerprint density at radius 2 is 1.92 bits per heavy atom. The Labute approximate surface area is 154 Å². The lowest BCUT2D eigenvalue weighted by molar-refractivity contribution is 0.262. The van der Waals surface area contributed by atoms with Crippen molar-refractivity contribution in [2.24, 2.45) is 0 Å². The number of thiazole rings is 1. The fraction of sp³-hybridized carbons (Fsp3) is 0.111. The third kappa shape index (κ3) is 4.49. The van der Waals surface area contributed by atoms with Gasteiger partial charge in [0.25, 0.3) is 0 Å². The van der Waals surface area contributed by atoms with Crippen LogP contribution in [0.4, 0.5) is 15.6 Å². The zero-order valence-corrected chi connectivity index (χ0v) is 15.0. The van der Waals surface area contributed by atoms with E-state index in [9.17, 15) is 4.79 Å². The number of aromatic nitrogens is 1. The van der Waals surface area contributed by atoms with Gasteiger partial charge in [-0.05, 0) is 43.3 Å². The molecule has 25 heavy (non-hydrogen) atoms. The van der Waals surface area contributed by atoms with Crippen LogP contribution in [0.3, 0.4) is 0 Å². The lowest BCUT2D eigenvalue weighted by Crippen LogP contribution is -2.19. The number of anilines is 2. The molecule has 0 unspecified atom stereocenters. The van der Waals surface area contributed by atoms with Crippen molar-refractivity contribution in [2.75, 3.05) is 17.2 Å². The van der Waals surface area contributed by atoms with E-state index < -0.39 is 0 Å². The highest BCUT2D eigenvalue weighted by Crippen LogP contribution is 2.27. The number of rotatable bonds is 5. The smallest absolute Gasteiger partial charge is 0.325 e. The van der Waals surface area contributed by atoms with Gasteiger partial charge in [-0.2, -0.15) is 0 Å². The van der Waals surface area contributed by atoms with Gasteiger partial charge in [-0.1, -0.05) is 23.7 Å². The first kappa shape index (κ1) is 17.3. The summed E-state index contributed by atoms with van der Waals surface area (Å²) < 4.78 is 5.43. The first-order valence-corrected chi connectivity index (χ1v) is 8.93. The number of halogens is 1. The van der Waals surface area contributed by atoms with Crippen molar-refractivity contribution in [1.29, 1.82) is 0 Å². The molecule has 0 aliphatic rings. The van der Waals surface area contributed by atoms with Gasteiger partial charge < -0.3 is 10.1 Å². The summed E-state index contributed by atoms with van der Waals surface area (Å²) in [6.07, 6.45) is 0. The summed E-state index contributed by atoms with van der Waals surface area (Å²) >= 11 is 7.38. The van der Waals surface area contributed by atoms with Crippen LogP contribution in [0.25, 0.3) is 11.3 Å². The van der Waals surface area contributed by atoms with Gasteiger partial charge in [0.1, 0.15) is 5.75 Å². The highest BCUT2D eigenvalue weighted by atomic mass is 35.5. The average Bonchev–Trinajstić information content (AvgIpc) is 3.06. The van der Waals surface area contributed by atoms with Crippen molar-refractivity contribution < 1.29 is 9.53 Å². The molecule has 0 atom stereocenters. The van der Waals surface area contributed by atoms with Crippen LogP contribution < -0.4 is 15.4 Å². The number of hydrogen-bond acceptors (Lipinski definition) is 4. The van der Waals surface area contributed by atoms with Crippen LogP contribution in [-0.4, -0.2) is 17.6 Å². The SMILES string of the molecule is CCOc1ccc(-c2csc(NC(=O)Nc3ccccc3Cl)n2)cc1. The molecule has 0 radical (unpaired) electrons. The summed E-state index contributed by atoms with van der Waals surface area (Å²) in [5, 5.41) is 8.29. The summed E-state index contributed by atoms with van der Waals surface area (Å²) in [6.45, 7) is 2.57. The Morgan fingerprint density at radius 1 is 1.16 bits per heavy atom. The highest BCUT2D eigenvalue weighted by Gasteiger charge is 2.09. The fourth-order valence-electron chi connectivity index (χ4n) is 2.17. The maximum Gasteiger partial charge on any atom is 0.325 e. The van der Waals surface area contributed by atoms with E-state index in [0.29, 0.717) is 22.4 Å². The Hall–Kier alpha value is -2.57. The van der Waals surface area contributed by atoms with Crippen molar-refractivity contribution in [3.63, 3.8) is 0 Å². The van der Waals surface area contributed by atoms with Gasteiger partial charge in [-0.3, -0.25) is 5.32 Å². The number of nitrogens with one attached hydrogen (secondary N) is 2. The molecule has 128 valence electrons. The second-order valence-electron chi connectivity index (χ2n) is 5.05. The topological polar surface area (TPSA) is 63.2 Å². The number of ether oxygens (including phenoxy) is 1. The molecule has 3 rings (SSSR count). The second kappa shape index (κ2) is 8.00. The minimum atomic E-state index is -0.388. The Morgan fingerprint density at radius 3 is 2.64 bits per heavy atom. The summed E-state index contributed by atoms with van der Waals surface area (Å²) in [4.78, 5) is 16.5. The van der Waals surface area contributed by atoms with E-state index in [1.54, 1.807) is 24.3 Å². The van der Waals surface area contributed by atoms with E-state index in [0.717, 1.165) is 17.0 Å². The predicted molar refractivity (Wildman–Crippen MR) is 103 cm³/mol. The number of hydrogen-bond donors (Lipinski definition) is 2. The number of carbonyl (C=O) groups excluding carboxylic acids is 1. The molecule has 0 fully saturated rings. The number of nitrogens with zero attached hydrogens (tertiary/aromatic N) is 1. The van der Waals surface area contributed by atoms with E-state index in [-0.39, 0.29) is 6.03 Å². The van der Waals surface area contributed by atoms with E-state index in [2.05, 4.69) is 15.6 Å². The maximum atomic E-state index is 12.1. The zero-order valence-electron chi connectivity index (χ0n) is 13.5. The molecule has 7 heteroatoms. The van der Waals surface area contributed by atoms with Gasteiger partial charge in [0.15, 0.2) is 5.13 Å². The molecule has 0 aliphatic carbocycles. The molecule has 3 aromatic rings. The van der Waals surface area contributed by atoms with Crippen molar-refractivity contribution in [1.82, 2.24) is 4.98 Å². The molecule has 5 nitrogen and oxygen atoms in total. The number of amides is 2. The zero-order chi connectivity index (χ0) is 17.6. The van der Waals surface area contributed by atoms with Crippen LogP contribution in [0, 0.1) is 0 Å². The summed E-state index contributed by atoms with van der Waals surface area (Å²) in [5.41, 5.74) is 2.30. The minimum absolute atomic E-state index is 0.388. The lowest BCUT2D eigenvalue weighted by atomic mass is 10.2. The number of benzene rings is 2. The molecular formula is C18H16ClN3O2S. The van der Waals surface area contributed by atoms with Crippen LogP contribution >= 0.6 is 22.9 Å². The van der Waals surface area contributed by atoms with E-state index in [1.165, 1.54) is 11.3 Å². The van der Waals surface area contributed by atoms with Crippen molar-refractivity contribution in [3.05, 3.63) is 58.9 Å². The largest absolute Gasteiger partial charge is 0.494 e.